The van der Waals surface area contributed by atoms with Gasteiger partial charge in [0.1, 0.15) is 5.76 Å². The van der Waals surface area contributed by atoms with Crippen LogP contribution in [0.1, 0.15) is 18.2 Å². The summed E-state index contributed by atoms with van der Waals surface area (Å²) < 4.78 is 21.4. The molecule has 0 bridgehead atoms. The van der Waals surface area contributed by atoms with Gasteiger partial charge in [0.25, 0.3) is 5.91 Å². The van der Waals surface area contributed by atoms with Gasteiger partial charge in [-0.2, -0.15) is 0 Å². The Morgan fingerprint density at radius 3 is 2.54 bits per heavy atom. The third kappa shape index (κ3) is 5.26. The molecule has 1 amide bonds. The second kappa shape index (κ2) is 9.28. The van der Waals surface area contributed by atoms with Crippen LogP contribution in [-0.2, 0) is 27.3 Å². The fourth-order valence-electron chi connectivity index (χ4n) is 2.21. The number of halogens is 1. The lowest BCUT2D eigenvalue weighted by Gasteiger charge is -2.14. The second-order valence-corrected chi connectivity index (χ2v) is 6.26. The Bertz CT molecular complexity index is 759. The number of rotatable bonds is 8. The van der Waals surface area contributed by atoms with Crippen LogP contribution in [0.25, 0.3) is 0 Å². The molecule has 0 aliphatic carbocycles. The molecule has 1 aromatic carbocycles. The number of hydrogen-bond acceptors (Lipinski definition) is 6. The average molecular weight is 426 g/mol. The third-order valence-electron chi connectivity index (χ3n) is 3.58. The van der Waals surface area contributed by atoms with Crippen molar-refractivity contribution in [2.75, 3.05) is 14.2 Å². The summed E-state index contributed by atoms with van der Waals surface area (Å²) in [6.07, 6.45) is 0.583. The van der Waals surface area contributed by atoms with Crippen LogP contribution in [0.15, 0.2) is 39.4 Å². The molecule has 0 saturated carbocycles. The summed E-state index contributed by atoms with van der Waals surface area (Å²) in [4.78, 5) is 24.2. The number of carbonyl (C=O) groups is 2. The van der Waals surface area contributed by atoms with Gasteiger partial charge in [0.05, 0.1) is 33.4 Å². The molecular formula is C18H20BrNO6. The number of esters is 1. The first-order valence-electron chi connectivity index (χ1n) is 7.84. The van der Waals surface area contributed by atoms with Crippen LogP contribution in [0.5, 0.6) is 11.5 Å². The molecule has 0 aliphatic rings. The Morgan fingerprint density at radius 2 is 1.92 bits per heavy atom. The minimum Gasteiger partial charge on any atom is -0.493 e. The topological polar surface area (TPSA) is 87.0 Å². The van der Waals surface area contributed by atoms with Crippen molar-refractivity contribution in [3.05, 3.63) is 46.3 Å². The Labute approximate surface area is 159 Å². The van der Waals surface area contributed by atoms with Crippen molar-refractivity contribution in [2.24, 2.45) is 0 Å². The van der Waals surface area contributed by atoms with Crippen molar-refractivity contribution in [3.8, 4) is 11.5 Å². The van der Waals surface area contributed by atoms with E-state index in [1.165, 1.54) is 27.4 Å². The van der Waals surface area contributed by atoms with Gasteiger partial charge >= 0.3 is 5.97 Å². The highest BCUT2D eigenvalue weighted by Gasteiger charge is 2.19. The quantitative estimate of drug-likeness (QED) is 0.654. The molecule has 2 aromatic rings. The van der Waals surface area contributed by atoms with Crippen LogP contribution >= 0.6 is 15.9 Å². The van der Waals surface area contributed by atoms with Crippen molar-refractivity contribution in [2.45, 2.75) is 26.0 Å². The van der Waals surface area contributed by atoms with E-state index in [2.05, 4.69) is 21.2 Å². The van der Waals surface area contributed by atoms with E-state index in [9.17, 15) is 9.59 Å². The number of hydrogen-bond donors (Lipinski definition) is 1. The summed E-state index contributed by atoms with van der Waals surface area (Å²) in [5.41, 5.74) is 0.663. The van der Waals surface area contributed by atoms with Crippen LogP contribution in [0, 0.1) is 0 Å². The number of nitrogens with one attached hydrogen (secondary N) is 1. The number of ether oxygens (including phenoxy) is 3. The standard InChI is InChI=1S/C18H20BrNO6/c1-11(18(22)20-10-13-5-4-6-25-13)26-17(21)8-12-7-15(23-2)16(24-3)9-14(12)19/h4-7,9,11H,8,10H2,1-3H3,(H,20,22). The van der Waals surface area contributed by atoms with Gasteiger partial charge in [-0.1, -0.05) is 15.9 Å². The summed E-state index contributed by atoms with van der Waals surface area (Å²) in [6.45, 7) is 1.74. The van der Waals surface area contributed by atoms with Crippen molar-refractivity contribution in [1.82, 2.24) is 5.32 Å². The maximum Gasteiger partial charge on any atom is 0.311 e. The molecule has 1 heterocycles. The predicted octanol–water partition coefficient (Wildman–Crippen LogP) is 2.85. The molecule has 1 aromatic heterocycles. The molecule has 0 saturated heterocycles. The van der Waals surface area contributed by atoms with E-state index in [1.807, 2.05) is 0 Å². The second-order valence-electron chi connectivity index (χ2n) is 5.40. The first kappa shape index (κ1) is 19.8. The Hall–Kier alpha value is -2.48. The van der Waals surface area contributed by atoms with Crippen LogP contribution in [0.3, 0.4) is 0 Å². The summed E-state index contributed by atoms with van der Waals surface area (Å²) in [5.74, 6) is 0.732. The Kier molecular flexibility index (Phi) is 7.08. The van der Waals surface area contributed by atoms with E-state index >= 15 is 0 Å². The summed E-state index contributed by atoms with van der Waals surface area (Å²) in [6, 6.07) is 6.87. The van der Waals surface area contributed by atoms with E-state index in [4.69, 9.17) is 18.6 Å². The van der Waals surface area contributed by atoms with Crippen molar-refractivity contribution in [3.63, 3.8) is 0 Å². The highest BCUT2D eigenvalue weighted by Crippen LogP contribution is 2.33. The average Bonchev–Trinajstić information content (AvgIpc) is 3.14. The number of benzene rings is 1. The monoisotopic (exact) mass is 425 g/mol. The zero-order valence-electron chi connectivity index (χ0n) is 14.7. The number of furan rings is 1. The SMILES string of the molecule is COc1cc(Br)c(CC(=O)OC(C)C(=O)NCc2ccco2)cc1OC. The lowest BCUT2D eigenvalue weighted by Crippen LogP contribution is -2.35. The van der Waals surface area contributed by atoms with Crippen molar-refractivity contribution < 1.29 is 28.2 Å². The normalized spacial score (nSPS) is 11.5. The molecule has 2 rings (SSSR count). The molecule has 8 heteroatoms. The van der Waals surface area contributed by atoms with Crippen molar-refractivity contribution in [1.29, 1.82) is 0 Å². The van der Waals surface area contributed by atoms with Gasteiger partial charge in [-0.25, -0.2) is 0 Å². The molecule has 26 heavy (non-hydrogen) atoms. The van der Waals surface area contributed by atoms with E-state index < -0.39 is 18.0 Å². The molecule has 140 valence electrons. The zero-order valence-corrected chi connectivity index (χ0v) is 16.3. The van der Waals surface area contributed by atoms with E-state index in [-0.39, 0.29) is 13.0 Å². The van der Waals surface area contributed by atoms with E-state index in [0.717, 1.165) is 0 Å². The Balaban J connectivity index is 1.92. The minimum absolute atomic E-state index is 0.0171. The number of methoxy groups -OCH3 is 2. The summed E-state index contributed by atoms with van der Waals surface area (Å²) in [7, 11) is 3.04. The van der Waals surface area contributed by atoms with Crippen LogP contribution in [-0.4, -0.2) is 32.2 Å². The Morgan fingerprint density at radius 1 is 1.23 bits per heavy atom. The largest absolute Gasteiger partial charge is 0.493 e. The number of carbonyl (C=O) groups excluding carboxylic acids is 2. The van der Waals surface area contributed by atoms with Gasteiger partial charge in [-0.15, -0.1) is 0 Å². The van der Waals surface area contributed by atoms with Gasteiger partial charge < -0.3 is 23.9 Å². The zero-order chi connectivity index (χ0) is 19.1. The van der Waals surface area contributed by atoms with Gasteiger partial charge in [0.2, 0.25) is 0 Å². The fourth-order valence-corrected chi connectivity index (χ4v) is 2.67. The molecule has 1 N–H and O–H groups in total. The first-order valence-corrected chi connectivity index (χ1v) is 8.63. The van der Waals surface area contributed by atoms with Crippen LogP contribution in [0.4, 0.5) is 0 Å². The molecule has 7 nitrogen and oxygen atoms in total. The van der Waals surface area contributed by atoms with Gasteiger partial charge in [0, 0.05) is 4.47 Å². The molecule has 1 unspecified atom stereocenters. The highest BCUT2D eigenvalue weighted by atomic mass is 79.9. The summed E-state index contributed by atoms with van der Waals surface area (Å²) >= 11 is 3.39. The molecule has 0 spiro atoms. The van der Waals surface area contributed by atoms with Gasteiger partial charge in [-0.05, 0) is 36.8 Å². The smallest absolute Gasteiger partial charge is 0.311 e. The highest BCUT2D eigenvalue weighted by molar-refractivity contribution is 9.10. The van der Waals surface area contributed by atoms with Crippen LogP contribution in [0.2, 0.25) is 0 Å². The van der Waals surface area contributed by atoms with Gasteiger partial charge in [0.15, 0.2) is 17.6 Å². The van der Waals surface area contributed by atoms with E-state index in [0.29, 0.717) is 27.3 Å². The van der Waals surface area contributed by atoms with E-state index in [1.54, 1.807) is 24.3 Å². The van der Waals surface area contributed by atoms with Crippen molar-refractivity contribution >= 4 is 27.8 Å². The van der Waals surface area contributed by atoms with Crippen LogP contribution < -0.4 is 14.8 Å². The van der Waals surface area contributed by atoms with Gasteiger partial charge in [-0.3, -0.25) is 9.59 Å². The lowest BCUT2D eigenvalue weighted by atomic mass is 10.1. The molecule has 0 fully saturated rings. The fraction of sp³-hybridized carbons (Fsp3) is 0.333. The number of amides is 1. The predicted molar refractivity (Wildman–Crippen MR) is 97.1 cm³/mol. The molecular weight excluding hydrogens is 406 g/mol. The minimum atomic E-state index is -0.920. The molecule has 0 aliphatic heterocycles. The molecule has 1 atom stereocenters. The molecule has 0 radical (unpaired) electrons. The third-order valence-corrected chi connectivity index (χ3v) is 4.32. The summed E-state index contributed by atoms with van der Waals surface area (Å²) in [5, 5.41) is 2.64. The lowest BCUT2D eigenvalue weighted by molar-refractivity contribution is -0.154. The maximum atomic E-state index is 12.2. The maximum absolute atomic E-state index is 12.2. The first-order chi connectivity index (χ1) is 12.4.